The second kappa shape index (κ2) is 10.8. The minimum atomic E-state index is -0.622. The largest absolute Gasteiger partial charge is 0.481 e. The standard InChI is InChI=1S/C25H32N2O3/c1-3-5-16-26-24(28)21-12-8-9-13-22(21)27-25(29)23(4-2)30-20-15-14-18-10-6-7-11-19(18)17-20/h8-9,12-15,17,23H,3-7,10-11,16H2,1-2H3,(H,26,28)(H,27,29)/t23-/m0/s1. The zero-order valence-corrected chi connectivity index (χ0v) is 18.0. The lowest BCUT2D eigenvalue weighted by molar-refractivity contribution is -0.122. The predicted octanol–water partition coefficient (Wildman–Crippen LogP) is 4.89. The molecule has 0 aromatic heterocycles. The molecule has 1 aliphatic rings. The van der Waals surface area contributed by atoms with E-state index in [1.807, 2.05) is 19.1 Å². The first-order chi connectivity index (χ1) is 14.6. The molecule has 1 atom stereocenters. The van der Waals surface area contributed by atoms with E-state index < -0.39 is 6.10 Å². The van der Waals surface area contributed by atoms with Crippen molar-refractivity contribution < 1.29 is 14.3 Å². The topological polar surface area (TPSA) is 67.4 Å². The summed E-state index contributed by atoms with van der Waals surface area (Å²) in [6.45, 7) is 4.62. The maximum atomic E-state index is 12.9. The normalized spacial score (nSPS) is 13.8. The van der Waals surface area contributed by atoms with Crippen LogP contribution >= 0.6 is 0 Å². The minimum absolute atomic E-state index is 0.178. The van der Waals surface area contributed by atoms with Gasteiger partial charge in [0.1, 0.15) is 5.75 Å². The molecule has 0 radical (unpaired) electrons. The van der Waals surface area contributed by atoms with Crippen LogP contribution in [0.4, 0.5) is 5.69 Å². The summed E-state index contributed by atoms with van der Waals surface area (Å²) in [5, 5.41) is 5.79. The van der Waals surface area contributed by atoms with Crippen LogP contribution in [0.2, 0.25) is 0 Å². The van der Waals surface area contributed by atoms with Crippen LogP contribution in [-0.2, 0) is 17.6 Å². The number of hydrogen-bond donors (Lipinski definition) is 2. The molecule has 2 N–H and O–H groups in total. The molecule has 3 rings (SSSR count). The molecule has 160 valence electrons. The molecule has 5 nitrogen and oxygen atoms in total. The number of rotatable bonds is 9. The molecule has 0 heterocycles. The van der Waals surface area contributed by atoms with Crippen LogP contribution in [-0.4, -0.2) is 24.5 Å². The van der Waals surface area contributed by atoms with E-state index in [1.54, 1.807) is 18.2 Å². The van der Waals surface area contributed by atoms with Crippen molar-refractivity contribution in [2.75, 3.05) is 11.9 Å². The van der Waals surface area contributed by atoms with E-state index >= 15 is 0 Å². The van der Waals surface area contributed by atoms with E-state index in [0.29, 0.717) is 24.2 Å². The highest BCUT2D eigenvalue weighted by Crippen LogP contribution is 2.26. The average Bonchev–Trinajstić information content (AvgIpc) is 2.77. The molecule has 0 unspecified atom stereocenters. The van der Waals surface area contributed by atoms with Crippen LogP contribution in [0.15, 0.2) is 42.5 Å². The summed E-state index contributed by atoms with van der Waals surface area (Å²) >= 11 is 0. The second-order valence-corrected chi connectivity index (χ2v) is 7.80. The number of hydrogen-bond acceptors (Lipinski definition) is 3. The number of para-hydroxylation sites is 1. The molecule has 0 fully saturated rings. The summed E-state index contributed by atoms with van der Waals surface area (Å²) in [4.78, 5) is 25.4. The molecule has 0 saturated carbocycles. The van der Waals surface area contributed by atoms with Crippen molar-refractivity contribution in [2.45, 2.75) is 64.9 Å². The highest BCUT2D eigenvalue weighted by molar-refractivity contribution is 6.04. The first kappa shape index (κ1) is 21.9. The quantitative estimate of drug-likeness (QED) is 0.581. The van der Waals surface area contributed by atoms with E-state index in [4.69, 9.17) is 4.74 Å². The first-order valence-corrected chi connectivity index (χ1v) is 11.1. The average molecular weight is 409 g/mol. The van der Waals surface area contributed by atoms with Gasteiger partial charge >= 0.3 is 0 Å². The van der Waals surface area contributed by atoms with Gasteiger partial charge in [-0.3, -0.25) is 9.59 Å². The van der Waals surface area contributed by atoms with Crippen LogP contribution in [0.3, 0.4) is 0 Å². The monoisotopic (exact) mass is 408 g/mol. The van der Waals surface area contributed by atoms with Gasteiger partial charge in [0.05, 0.1) is 11.3 Å². The van der Waals surface area contributed by atoms with Crippen LogP contribution in [0.1, 0.15) is 67.4 Å². The Hall–Kier alpha value is -2.82. The smallest absolute Gasteiger partial charge is 0.265 e. The fraction of sp³-hybridized carbons (Fsp3) is 0.440. The Balaban J connectivity index is 1.67. The maximum absolute atomic E-state index is 12.9. The van der Waals surface area contributed by atoms with Crippen molar-refractivity contribution >= 4 is 17.5 Å². The van der Waals surface area contributed by atoms with Crippen LogP contribution in [0.25, 0.3) is 0 Å². The molecule has 1 aliphatic carbocycles. The zero-order valence-electron chi connectivity index (χ0n) is 18.0. The zero-order chi connectivity index (χ0) is 21.3. The third-order valence-electron chi connectivity index (χ3n) is 5.51. The number of anilines is 1. The van der Waals surface area contributed by atoms with Crippen molar-refractivity contribution in [3.63, 3.8) is 0 Å². The van der Waals surface area contributed by atoms with Crippen molar-refractivity contribution in [3.05, 3.63) is 59.2 Å². The van der Waals surface area contributed by atoms with Gasteiger partial charge in [0.2, 0.25) is 0 Å². The Labute approximate surface area is 179 Å². The molecule has 2 amide bonds. The molecule has 2 aromatic carbocycles. The third kappa shape index (κ3) is 5.62. The fourth-order valence-corrected chi connectivity index (χ4v) is 3.75. The van der Waals surface area contributed by atoms with Gasteiger partial charge in [-0.2, -0.15) is 0 Å². The highest BCUT2D eigenvalue weighted by Gasteiger charge is 2.21. The molecule has 0 spiro atoms. The lowest BCUT2D eigenvalue weighted by Gasteiger charge is -2.21. The Morgan fingerprint density at radius 2 is 1.80 bits per heavy atom. The number of benzene rings is 2. The summed E-state index contributed by atoms with van der Waals surface area (Å²) in [5.74, 6) is 0.301. The molecular formula is C25H32N2O3. The van der Waals surface area contributed by atoms with Crippen LogP contribution in [0, 0.1) is 0 Å². The Bertz CT molecular complexity index is 878. The number of aryl methyl sites for hydroxylation is 2. The van der Waals surface area contributed by atoms with Gasteiger partial charge in [0, 0.05) is 6.54 Å². The summed E-state index contributed by atoms with van der Waals surface area (Å²) in [6.07, 6.45) is 6.46. The molecule has 0 saturated heterocycles. The number of carbonyl (C=O) groups is 2. The molecule has 30 heavy (non-hydrogen) atoms. The van der Waals surface area contributed by atoms with Gasteiger partial charge in [0.15, 0.2) is 6.10 Å². The van der Waals surface area contributed by atoms with E-state index in [0.717, 1.165) is 31.4 Å². The molecule has 5 heteroatoms. The Morgan fingerprint density at radius 1 is 1.03 bits per heavy atom. The summed E-state index contributed by atoms with van der Waals surface area (Å²) in [5.41, 5.74) is 3.67. The van der Waals surface area contributed by atoms with Gasteiger partial charge < -0.3 is 15.4 Å². The second-order valence-electron chi connectivity index (χ2n) is 7.80. The lowest BCUT2D eigenvalue weighted by atomic mass is 9.92. The molecular weight excluding hydrogens is 376 g/mol. The number of carbonyl (C=O) groups excluding carboxylic acids is 2. The number of nitrogens with one attached hydrogen (secondary N) is 2. The van der Waals surface area contributed by atoms with E-state index in [-0.39, 0.29) is 11.8 Å². The van der Waals surface area contributed by atoms with Gasteiger partial charge in [-0.25, -0.2) is 0 Å². The van der Waals surface area contributed by atoms with E-state index in [2.05, 4.69) is 29.7 Å². The number of unbranched alkanes of at least 4 members (excludes halogenated alkanes) is 1. The van der Waals surface area contributed by atoms with Gasteiger partial charge in [-0.05, 0) is 73.9 Å². The van der Waals surface area contributed by atoms with E-state index in [1.165, 1.54) is 24.0 Å². The highest BCUT2D eigenvalue weighted by atomic mass is 16.5. The maximum Gasteiger partial charge on any atom is 0.265 e. The first-order valence-electron chi connectivity index (χ1n) is 11.1. The molecule has 0 bridgehead atoms. The number of amides is 2. The Kier molecular flexibility index (Phi) is 7.89. The van der Waals surface area contributed by atoms with Crippen molar-refractivity contribution in [3.8, 4) is 5.75 Å². The summed E-state index contributed by atoms with van der Waals surface area (Å²) < 4.78 is 6.03. The molecule has 2 aromatic rings. The van der Waals surface area contributed by atoms with Crippen LogP contribution < -0.4 is 15.4 Å². The summed E-state index contributed by atoms with van der Waals surface area (Å²) in [7, 11) is 0. The minimum Gasteiger partial charge on any atom is -0.481 e. The van der Waals surface area contributed by atoms with Crippen molar-refractivity contribution in [1.82, 2.24) is 5.32 Å². The fourth-order valence-electron chi connectivity index (χ4n) is 3.75. The number of fused-ring (bicyclic) bond motifs is 1. The molecule has 0 aliphatic heterocycles. The summed E-state index contributed by atoms with van der Waals surface area (Å²) in [6, 6.07) is 13.2. The Morgan fingerprint density at radius 3 is 2.57 bits per heavy atom. The van der Waals surface area contributed by atoms with Gasteiger partial charge in [-0.1, -0.05) is 38.5 Å². The van der Waals surface area contributed by atoms with Crippen molar-refractivity contribution in [1.29, 1.82) is 0 Å². The number of ether oxygens (including phenoxy) is 1. The van der Waals surface area contributed by atoms with Crippen LogP contribution in [0.5, 0.6) is 5.75 Å². The lowest BCUT2D eigenvalue weighted by Crippen LogP contribution is -2.33. The van der Waals surface area contributed by atoms with E-state index in [9.17, 15) is 9.59 Å². The van der Waals surface area contributed by atoms with Gasteiger partial charge in [-0.15, -0.1) is 0 Å². The van der Waals surface area contributed by atoms with Gasteiger partial charge in [0.25, 0.3) is 11.8 Å². The third-order valence-corrected chi connectivity index (χ3v) is 5.51. The van der Waals surface area contributed by atoms with Crippen molar-refractivity contribution in [2.24, 2.45) is 0 Å². The SMILES string of the molecule is CCCCNC(=O)c1ccccc1NC(=O)[C@H](CC)Oc1ccc2c(c1)CCCC2. The predicted molar refractivity (Wildman–Crippen MR) is 120 cm³/mol.